The van der Waals surface area contributed by atoms with Gasteiger partial charge < -0.3 is 48.5 Å². The first kappa shape index (κ1) is 76.2. The van der Waals surface area contributed by atoms with Crippen molar-refractivity contribution in [3.05, 3.63) is 252 Å². The van der Waals surface area contributed by atoms with Gasteiger partial charge in [-0.1, -0.05) is 151 Å². The summed E-state index contributed by atoms with van der Waals surface area (Å²) in [6, 6.07) is 63.4. The van der Waals surface area contributed by atoms with Crippen LogP contribution in [0.2, 0.25) is 0 Å². The number of methoxy groups -OCH3 is 1. The van der Waals surface area contributed by atoms with Crippen LogP contribution in [0.25, 0.3) is 79.8 Å². The quantitative estimate of drug-likeness (QED) is 0.0292. The maximum Gasteiger partial charge on any atom is 0.331 e. The number of carboxylic acids is 2. The second-order valence-corrected chi connectivity index (χ2v) is 28.6. The third kappa shape index (κ3) is 20.3. The Labute approximate surface area is 622 Å². The van der Waals surface area contributed by atoms with Crippen LogP contribution < -0.4 is 23.7 Å². The van der Waals surface area contributed by atoms with Crippen LogP contribution in [0.1, 0.15) is 120 Å². The van der Waals surface area contributed by atoms with Gasteiger partial charge in [0.15, 0.2) is 17.2 Å². The Hall–Kier alpha value is -11.4. The Morgan fingerprint density at radius 1 is 0.419 bits per heavy atom. The number of rotatable bonds is 24. The van der Waals surface area contributed by atoms with E-state index >= 15 is 0 Å². The highest BCUT2D eigenvalue weighted by Crippen LogP contribution is 2.52. The number of ether oxygens (including phenoxy) is 7. The molecular weight excluding hydrogens is 1380 g/mol. The molecule has 3 N–H and O–H groups in total. The zero-order chi connectivity index (χ0) is 74.8. The third-order valence-electron chi connectivity index (χ3n) is 16.2. The molecule has 0 aliphatic rings. The van der Waals surface area contributed by atoms with E-state index in [9.17, 15) is 29.1 Å². The van der Waals surface area contributed by atoms with Crippen molar-refractivity contribution >= 4 is 112 Å². The van der Waals surface area contributed by atoms with Gasteiger partial charge in [-0.3, -0.25) is 9.59 Å². The van der Waals surface area contributed by atoms with Crippen LogP contribution in [0.5, 0.6) is 51.7 Å². The van der Waals surface area contributed by atoms with E-state index in [1.165, 1.54) is 41.8 Å². The summed E-state index contributed by atoms with van der Waals surface area (Å²) < 4.78 is 43.0. The van der Waals surface area contributed by atoms with E-state index in [0.29, 0.717) is 53.1 Å². The number of fused-ring (bicyclic) bond motifs is 3. The molecule has 0 fully saturated rings. The average molecular weight is 1460 g/mol. The van der Waals surface area contributed by atoms with Crippen molar-refractivity contribution in [1.82, 2.24) is 0 Å². The predicted molar refractivity (Wildman–Crippen MR) is 422 cm³/mol. The summed E-state index contributed by atoms with van der Waals surface area (Å²) in [6.45, 7) is 18.3. The van der Waals surface area contributed by atoms with Gasteiger partial charge in [0.25, 0.3) is 0 Å². The second kappa shape index (κ2) is 35.7. The van der Waals surface area contributed by atoms with Gasteiger partial charge in [0.2, 0.25) is 0 Å². The summed E-state index contributed by atoms with van der Waals surface area (Å²) in [5.74, 6) is 3.31. The molecule has 15 nitrogen and oxygen atoms in total. The molecule has 0 amide bonds. The van der Waals surface area contributed by atoms with E-state index in [1.54, 1.807) is 71.5 Å². The summed E-state index contributed by atoms with van der Waals surface area (Å²) in [4.78, 5) is 59.9. The molecule has 0 atom stereocenters. The fourth-order valence-electron chi connectivity index (χ4n) is 11.4. The number of carboxylic acid groups (broad SMARTS) is 2. The SMILES string of the molecule is CC(=O)Oc1ccc2c(Oc3ccc(/C=C/C(=O)O)cc3)c(-c3ccccc3C(C)C)sc2c1.CC(C)OC(=O)/C=C/c1ccc(Oc2c(-c3ccccc3C(C)C)sc3cc(O)ccc23)cc1.COCCC(=O)Oc1ccc2c(Oc3ccc(/C=C/C(=O)O)cc3)c(-c3ccccc3C(C)C)sc2c1. The minimum Gasteiger partial charge on any atom is -0.508 e. The van der Waals surface area contributed by atoms with Gasteiger partial charge >= 0.3 is 29.8 Å². The van der Waals surface area contributed by atoms with Crippen LogP contribution in [-0.4, -0.2) is 65.0 Å². The highest BCUT2D eigenvalue weighted by Gasteiger charge is 2.25. The van der Waals surface area contributed by atoms with Crippen LogP contribution >= 0.6 is 34.0 Å². The Kier molecular flexibility index (Phi) is 25.9. The standard InChI is InChI=1S/C30H28O6S.C29H28O4S.C28H24O5S/c1-19(2)23-6-4-5-7-24(23)30-29(36-21-11-8-20(9-12-21)10-15-27(31)32)25-14-13-22(18-26(25)37-30)35-28(33)16-17-34-3;1-18(2)23-7-5-6-8-24(23)29-28(25-15-12-21(30)17-26(25)34-29)33-22-13-9-20(10-14-22)11-16-27(31)32-19(3)4;1-17(2)22-6-4-5-7-23(22)28-27(24-14-13-21(32-18(3)29)16-25(24)34-28)33-20-11-8-19(9-12-20)10-15-26(30)31/h4-15,18-19H,16-17H2,1-3H3,(H,31,32);5-19,30H,1-4H3;4-17H,1-3H3,(H,30,31)/b15-10+;16-11+;15-10+. The molecule has 0 aliphatic heterocycles. The molecule has 0 aliphatic carbocycles. The number of hydrogen-bond acceptors (Lipinski definition) is 16. The Morgan fingerprint density at radius 3 is 1.11 bits per heavy atom. The number of carbonyl (C=O) groups is 5. The Bertz CT molecular complexity index is 5160. The number of phenols is 1. The normalized spacial score (nSPS) is 11.4. The van der Waals surface area contributed by atoms with Crippen molar-refractivity contribution in [3.8, 4) is 83.1 Å². The van der Waals surface area contributed by atoms with Crippen molar-refractivity contribution in [1.29, 1.82) is 0 Å². The molecule has 18 heteroatoms. The van der Waals surface area contributed by atoms with Crippen LogP contribution in [0.3, 0.4) is 0 Å². The van der Waals surface area contributed by atoms with Gasteiger partial charge in [0.05, 0.1) is 33.8 Å². The van der Waals surface area contributed by atoms with Crippen molar-refractivity contribution in [2.24, 2.45) is 0 Å². The average Bonchev–Trinajstić information content (AvgIpc) is 1.64. The second-order valence-electron chi connectivity index (χ2n) is 25.5. The minimum absolute atomic E-state index is 0.148. The molecule has 3 heterocycles. The predicted octanol–water partition coefficient (Wildman–Crippen LogP) is 23.2. The summed E-state index contributed by atoms with van der Waals surface area (Å²) >= 11 is 4.79. The molecule has 0 saturated carbocycles. The van der Waals surface area contributed by atoms with Crippen LogP contribution in [0.4, 0.5) is 0 Å². The fourth-order valence-corrected chi connectivity index (χ4v) is 15.0. The van der Waals surface area contributed by atoms with E-state index in [0.717, 1.165) is 108 Å². The first-order valence-electron chi connectivity index (χ1n) is 34.1. The topological polar surface area (TPSA) is 211 Å². The highest BCUT2D eigenvalue weighted by molar-refractivity contribution is 7.23. The molecule has 0 spiro atoms. The van der Waals surface area contributed by atoms with E-state index in [-0.39, 0.29) is 36.2 Å². The number of esters is 3. The molecular formula is C87H80O15S3. The lowest BCUT2D eigenvalue weighted by Gasteiger charge is -2.14. The van der Waals surface area contributed by atoms with E-state index in [2.05, 4.69) is 84.0 Å². The number of aliphatic carboxylic acids is 2. The molecule has 12 aromatic rings. The molecule has 0 unspecified atom stereocenters. The van der Waals surface area contributed by atoms with E-state index in [4.69, 9.17) is 43.4 Å². The van der Waals surface area contributed by atoms with Gasteiger partial charge in [0.1, 0.15) is 34.5 Å². The third-order valence-corrected chi connectivity index (χ3v) is 19.7. The Balaban J connectivity index is 0.000000169. The summed E-state index contributed by atoms with van der Waals surface area (Å²) in [7, 11) is 1.54. The lowest BCUT2D eigenvalue weighted by molar-refractivity contribution is -0.141. The van der Waals surface area contributed by atoms with Gasteiger partial charge in [-0.15, -0.1) is 34.0 Å². The molecule has 105 heavy (non-hydrogen) atoms. The molecule has 0 saturated heterocycles. The molecule has 536 valence electrons. The molecule has 12 rings (SSSR count). The molecule has 0 bridgehead atoms. The smallest absolute Gasteiger partial charge is 0.331 e. The number of benzene rings is 9. The number of aromatic hydroxyl groups is 1. The lowest BCUT2D eigenvalue weighted by Crippen LogP contribution is -2.10. The number of phenolic OH excluding ortho intramolecular Hbond substituents is 1. The van der Waals surface area contributed by atoms with Crippen molar-refractivity contribution in [2.75, 3.05) is 13.7 Å². The monoisotopic (exact) mass is 1460 g/mol. The number of carbonyl (C=O) groups excluding carboxylic acids is 3. The first-order valence-corrected chi connectivity index (χ1v) is 36.5. The molecule has 9 aromatic carbocycles. The first-order chi connectivity index (χ1) is 50.5. The van der Waals surface area contributed by atoms with Crippen LogP contribution in [0, 0.1) is 0 Å². The summed E-state index contributed by atoms with van der Waals surface area (Å²) in [5.41, 5.74) is 9.40. The zero-order valence-corrected chi connectivity index (χ0v) is 62.2. The Morgan fingerprint density at radius 2 is 0.762 bits per heavy atom. The largest absolute Gasteiger partial charge is 0.508 e. The van der Waals surface area contributed by atoms with Gasteiger partial charge in [-0.25, -0.2) is 14.4 Å². The van der Waals surface area contributed by atoms with Crippen LogP contribution in [-0.2, 0) is 33.4 Å². The fraction of sp³-hybridized carbons (Fsp3) is 0.184. The minimum atomic E-state index is -0.998. The summed E-state index contributed by atoms with van der Waals surface area (Å²) in [5, 5.41) is 30.5. The van der Waals surface area contributed by atoms with Crippen molar-refractivity contribution < 1.29 is 72.5 Å². The lowest BCUT2D eigenvalue weighted by atomic mass is 9.96. The highest BCUT2D eigenvalue weighted by atomic mass is 32.1. The van der Waals surface area contributed by atoms with Crippen molar-refractivity contribution in [3.63, 3.8) is 0 Å². The van der Waals surface area contributed by atoms with Crippen LogP contribution in [0.15, 0.2) is 218 Å². The maximum atomic E-state index is 12.1. The zero-order valence-electron chi connectivity index (χ0n) is 59.7. The molecule has 0 radical (unpaired) electrons. The maximum absolute atomic E-state index is 12.1. The van der Waals surface area contributed by atoms with Gasteiger partial charge in [0, 0.05) is 62.5 Å². The van der Waals surface area contributed by atoms with Gasteiger partial charge in [-0.05, 0) is 191 Å². The summed E-state index contributed by atoms with van der Waals surface area (Å²) in [6.07, 6.45) is 8.45. The van der Waals surface area contributed by atoms with Gasteiger partial charge in [-0.2, -0.15) is 0 Å². The van der Waals surface area contributed by atoms with E-state index < -0.39 is 11.9 Å². The van der Waals surface area contributed by atoms with Crippen molar-refractivity contribution in [2.45, 2.75) is 92.6 Å². The number of thiophene rings is 3. The number of hydrogen-bond donors (Lipinski definition) is 3. The van der Waals surface area contributed by atoms with E-state index in [1.807, 2.05) is 147 Å². The molecule has 3 aromatic heterocycles.